The molecular weight excluding hydrogens is 501 g/mol. The van der Waals surface area contributed by atoms with Gasteiger partial charge in [0.2, 0.25) is 0 Å². The molecule has 0 N–H and O–H groups in total. The van der Waals surface area contributed by atoms with Crippen molar-refractivity contribution in [2.45, 2.75) is 51.8 Å². The van der Waals surface area contributed by atoms with Crippen LogP contribution in [0.3, 0.4) is 0 Å². The maximum absolute atomic E-state index is 15.2. The molecule has 0 fully saturated rings. The lowest BCUT2D eigenvalue weighted by Gasteiger charge is -2.11. The van der Waals surface area contributed by atoms with Crippen LogP contribution in [0, 0.1) is 11.6 Å². The number of rotatable bonds is 11. The predicted octanol–water partition coefficient (Wildman–Crippen LogP) is 8.16. The molecule has 0 aliphatic rings. The number of fused-ring (bicyclic) bond motifs is 1. The molecule has 0 spiro atoms. The second-order valence-corrected chi connectivity index (χ2v) is 9.09. The molecule has 0 radical (unpaired) electrons. The fraction of sp³-hybridized carbons (Fsp3) is 0.300. The van der Waals surface area contributed by atoms with Crippen LogP contribution in [0.1, 0.15) is 42.1 Å². The molecular formula is C30H28F5NO2. The lowest BCUT2D eigenvalue weighted by molar-refractivity contribution is -0.275. The first kappa shape index (κ1) is 27.4. The van der Waals surface area contributed by atoms with E-state index in [9.17, 15) is 17.6 Å². The van der Waals surface area contributed by atoms with E-state index in [0.717, 1.165) is 60.2 Å². The number of unbranched alkanes of at least 4 members (excludes halogenated alkanes) is 1. The van der Waals surface area contributed by atoms with Gasteiger partial charge in [0.15, 0.2) is 11.6 Å². The van der Waals surface area contributed by atoms with E-state index in [4.69, 9.17) is 4.74 Å². The van der Waals surface area contributed by atoms with Crippen molar-refractivity contribution in [1.29, 1.82) is 0 Å². The zero-order valence-electron chi connectivity index (χ0n) is 21.0. The number of alkyl halides is 3. The average Bonchev–Trinajstić information content (AvgIpc) is 2.89. The number of aromatic nitrogens is 1. The molecule has 1 aromatic heterocycles. The van der Waals surface area contributed by atoms with Gasteiger partial charge >= 0.3 is 6.36 Å². The summed E-state index contributed by atoms with van der Waals surface area (Å²) in [6.07, 6.45) is 0.871. The summed E-state index contributed by atoms with van der Waals surface area (Å²) < 4.78 is 75.4. The van der Waals surface area contributed by atoms with Crippen LogP contribution in [0.15, 0.2) is 66.9 Å². The van der Waals surface area contributed by atoms with E-state index in [0.29, 0.717) is 23.1 Å². The summed E-state index contributed by atoms with van der Waals surface area (Å²) in [5.41, 5.74) is 2.91. The maximum Gasteiger partial charge on any atom is 0.573 e. The predicted molar refractivity (Wildman–Crippen MR) is 136 cm³/mol. The Morgan fingerprint density at radius 3 is 2.29 bits per heavy atom. The first-order valence-corrected chi connectivity index (χ1v) is 12.5. The molecule has 4 rings (SSSR count). The summed E-state index contributed by atoms with van der Waals surface area (Å²) in [7, 11) is 0. The Morgan fingerprint density at radius 2 is 1.58 bits per heavy atom. The van der Waals surface area contributed by atoms with Crippen LogP contribution in [0.25, 0.3) is 10.8 Å². The number of nitrogens with zero attached hydrogens (tertiary/aromatic N) is 1. The molecule has 8 heteroatoms. The summed E-state index contributed by atoms with van der Waals surface area (Å²) in [6, 6.07) is 16.3. The minimum atomic E-state index is -4.97. The third kappa shape index (κ3) is 7.43. The van der Waals surface area contributed by atoms with Crippen LogP contribution in [0.2, 0.25) is 0 Å². The Bertz CT molecular complexity index is 1370. The topological polar surface area (TPSA) is 31.4 Å². The first-order valence-electron chi connectivity index (χ1n) is 12.5. The molecule has 3 nitrogen and oxygen atoms in total. The number of benzene rings is 3. The molecule has 0 aliphatic carbocycles. The Kier molecular flexibility index (Phi) is 8.81. The van der Waals surface area contributed by atoms with E-state index in [1.54, 1.807) is 18.3 Å². The number of pyridine rings is 1. The lowest BCUT2D eigenvalue weighted by atomic mass is 9.98. The molecule has 38 heavy (non-hydrogen) atoms. The zero-order chi connectivity index (χ0) is 27.1. The number of hydrogen-bond donors (Lipinski definition) is 0. The molecule has 200 valence electrons. The molecule has 4 aromatic rings. The molecule has 0 aliphatic heterocycles. The molecule has 3 aromatic carbocycles. The van der Waals surface area contributed by atoms with Gasteiger partial charge in [0.05, 0.1) is 12.8 Å². The van der Waals surface area contributed by atoms with Crippen LogP contribution in [0.4, 0.5) is 22.0 Å². The maximum atomic E-state index is 15.2. The number of halogens is 5. The standard InChI is InChI=1S/C30H28F5NO2/c1-2-3-16-37-25-13-12-24(36-19-25)11-5-20-6-14-26-23(17-20)10-9-22(29(26)32)8-4-21-7-15-28(27(31)18-21)38-30(33,34)35/h6-7,9-10,12-15,17-19H,2-5,8,11,16H2,1H3. The van der Waals surface area contributed by atoms with Crippen molar-refractivity contribution in [2.75, 3.05) is 6.61 Å². The van der Waals surface area contributed by atoms with Crippen molar-refractivity contribution in [2.24, 2.45) is 0 Å². The van der Waals surface area contributed by atoms with Crippen molar-refractivity contribution in [3.63, 3.8) is 0 Å². The van der Waals surface area contributed by atoms with Gasteiger partial charge in [-0.15, -0.1) is 13.2 Å². The molecule has 0 unspecified atom stereocenters. The Hall–Kier alpha value is -3.68. The van der Waals surface area contributed by atoms with Gasteiger partial charge in [-0.25, -0.2) is 8.78 Å². The Morgan fingerprint density at radius 1 is 0.816 bits per heavy atom. The van der Waals surface area contributed by atoms with Crippen LogP contribution in [-0.4, -0.2) is 18.0 Å². The zero-order valence-corrected chi connectivity index (χ0v) is 21.0. The third-order valence-corrected chi connectivity index (χ3v) is 6.24. The fourth-order valence-electron chi connectivity index (χ4n) is 4.17. The highest BCUT2D eigenvalue weighted by Gasteiger charge is 2.32. The van der Waals surface area contributed by atoms with Crippen molar-refractivity contribution >= 4 is 10.8 Å². The van der Waals surface area contributed by atoms with E-state index in [1.807, 2.05) is 30.3 Å². The molecule has 0 amide bonds. The quantitative estimate of drug-likeness (QED) is 0.145. The van der Waals surface area contributed by atoms with E-state index >= 15 is 4.39 Å². The van der Waals surface area contributed by atoms with E-state index < -0.39 is 17.9 Å². The summed E-state index contributed by atoms with van der Waals surface area (Å²) >= 11 is 0. The third-order valence-electron chi connectivity index (χ3n) is 6.24. The van der Waals surface area contributed by atoms with Crippen molar-refractivity contribution in [3.05, 3.63) is 101 Å². The Labute approximate surface area is 218 Å². The highest BCUT2D eigenvalue weighted by molar-refractivity contribution is 5.84. The normalized spacial score (nSPS) is 11.6. The van der Waals surface area contributed by atoms with Crippen LogP contribution in [-0.2, 0) is 25.7 Å². The fourth-order valence-corrected chi connectivity index (χ4v) is 4.17. The second-order valence-electron chi connectivity index (χ2n) is 9.09. The van der Waals surface area contributed by atoms with Gasteiger partial charge in [0, 0.05) is 11.1 Å². The summed E-state index contributed by atoms with van der Waals surface area (Å²) in [5.74, 6) is -1.60. The molecule has 0 saturated carbocycles. The summed E-state index contributed by atoms with van der Waals surface area (Å²) in [6.45, 7) is 2.79. The van der Waals surface area contributed by atoms with E-state index in [-0.39, 0.29) is 18.7 Å². The van der Waals surface area contributed by atoms with E-state index in [2.05, 4.69) is 16.6 Å². The van der Waals surface area contributed by atoms with Gasteiger partial charge in [0.25, 0.3) is 0 Å². The molecule has 0 atom stereocenters. The van der Waals surface area contributed by atoms with Gasteiger partial charge in [-0.05, 0) is 78.4 Å². The van der Waals surface area contributed by atoms with Crippen molar-refractivity contribution < 1.29 is 31.4 Å². The minimum absolute atomic E-state index is 0.263. The highest BCUT2D eigenvalue weighted by atomic mass is 19.4. The van der Waals surface area contributed by atoms with Gasteiger partial charge in [-0.3, -0.25) is 4.98 Å². The van der Waals surface area contributed by atoms with Crippen molar-refractivity contribution in [3.8, 4) is 11.5 Å². The SMILES string of the molecule is CCCCOc1ccc(CCc2ccc3c(F)c(CCc4ccc(OC(F)(F)F)c(F)c4)ccc3c2)nc1. The van der Waals surface area contributed by atoms with E-state index in [1.165, 1.54) is 6.07 Å². The van der Waals surface area contributed by atoms with Gasteiger partial charge in [-0.2, -0.15) is 0 Å². The second kappa shape index (κ2) is 12.2. The van der Waals surface area contributed by atoms with Crippen LogP contribution < -0.4 is 9.47 Å². The number of aryl methyl sites for hydroxylation is 4. The van der Waals surface area contributed by atoms with Crippen molar-refractivity contribution in [1.82, 2.24) is 4.98 Å². The largest absolute Gasteiger partial charge is 0.573 e. The van der Waals surface area contributed by atoms with Gasteiger partial charge < -0.3 is 9.47 Å². The molecule has 0 bridgehead atoms. The number of ether oxygens (including phenoxy) is 2. The minimum Gasteiger partial charge on any atom is -0.492 e. The van der Waals surface area contributed by atoms with Crippen LogP contribution in [0.5, 0.6) is 11.5 Å². The smallest absolute Gasteiger partial charge is 0.492 e. The monoisotopic (exact) mass is 529 g/mol. The van der Waals surface area contributed by atoms with Gasteiger partial charge in [0.1, 0.15) is 11.6 Å². The first-order chi connectivity index (χ1) is 18.2. The average molecular weight is 530 g/mol. The molecule has 1 heterocycles. The Balaban J connectivity index is 1.37. The molecule has 0 saturated heterocycles. The van der Waals surface area contributed by atoms with Gasteiger partial charge in [-0.1, -0.05) is 49.7 Å². The van der Waals surface area contributed by atoms with Crippen LogP contribution >= 0.6 is 0 Å². The highest BCUT2D eigenvalue weighted by Crippen LogP contribution is 2.28. The summed E-state index contributed by atoms with van der Waals surface area (Å²) in [5, 5.41) is 1.26. The summed E-state index contributed by atoms with van der Waals surface area (Å²) in [4.78, 5) is 4.47. The number of hydrogen-bond acceptors (Lipinski definition) is 3. The lowest BCUT2D eigenvalue weighted by Crippen LogP contribution is -2.18.